The monoisotopic (exact) mass is 334 g/mol. The molecule has 15 heavy (non-hydrogen) atoms. The summed E-state index contributed by atoms with van der Waals surface area (Å²) < 4.78 is 6.94. The van der Waals surface area contributed by atoms with Crippen LogP contribution in [0.3, 0.4) is 0 Å². The SMILES string of the molecule is CCCCOC(CBr)c1ccccc1Br. The third-order valence-electron chi connectivity index (χ3n) is 2.21. The Labute approximate surface area is 108 Å². The highest BCUT2D eigenvalue weighted by atomic mass is 79.9. The van der Waals surface area contributed by atoms with Crippen LogP contribution in [0.1, 0.15) is 31.4 Å². The maximum Gasteiger partial charge on any atom is 0.0932 e. The molecule has 0 radical (unpaired) electrons. The number of unbranched alkanes of at least 4 members (excludes halogenated alkanes) is 1. The molecule has 0 spiro atoms. The normalized spacial score (nSPS) is 12.7. The molecule has 0 bridgehead atoms. The molecule has 3 heteroatoms. The lowest BCUT2D eigenvalue weighted by atomic mass is 10.1. The smallest absolute Gasteiger partial charge is 0.0932 e. The highest BCUT2D eigenvalue weighted by molar-refractivity contribution is 9.10. The number of ether oxygens (including phenoxy) is 1. The fraction of sp³-hybridized carbons (Fsp3) is 0.500. The number of halogens is 2. The van der Waals surface area contributed by atoms with E-state index in [9.17, 15) is 0 Å². The molecule has 1 aromatic rings. The Hall–Kier alpha value is 0.140. The minimum absolute atomic E-state index is 0.145. The predicted octanol–water partition coefficient (Wildman–Crippen LogP) is 4.70. The van der Waals surface area contributed by atoms with Gasteiger partial charge in [0.1, 0.15) is 0 Å². The quantitative estimate of drug-likeness (QED) is 0.540. The van der Waals surface area contributed by atoms with Gasteiger partial charge in [-0.05, 0) is 18.1 Å². The fourth-order valence-electron chi connectivity index (χ4n) is 1.32. The summed E-state index contributed by atoms with van der Waals surface area (Å²) in [6.07, 6.45) is 2.44. The van der Waals surface area contributed by atoms with Crippen molar-refractivity contribution in [2.75, 3.05) is 11.9 Å². The van der Waals surface area contributed by atoms with Gasteiger partial charge in [-0.2, -0.15) is 0 Å². The minimum atomic E-state index is 0.145. The summed E-state index contributed by atoms with van der Waals surface area (Å²) in [6, 6.07) is 8.21. The molecule has 1 aromatic carbocycles. The summed E-state index contributed by atoms with van der Waals surface area (Å²) >= 11 is 7.04. The van der Waals surface area contributed by atoms with Crippen LogP contribution in [0, 0.1) is 0 Å². The summed E-state index contributed by atoms with van der Waals surface area (Å²) in [5.41, 5.74) is 1.21. The Morgan fingerprint density at radius 3 is 2.67 bits per heavy atom. The number of hydrogen-bond acceptors (Lipinski definition) is 1. The molecule has 0 aliphatic carbocycles. The highest BCUT2D eigenvalue weighted by Crippen LogP contribution is 2.27. The molecular weight excluding hydrogens is 320 g/mol. The third-order valence-corrected chi connectivity index (χ3v) is 3.52. The van der Waals surface area contributed by atoms with E-state index in [-0.39, 0.29) is 6.10 Å². The molecule has 1 atom stereocenters. The van der Waals surface area contributed by atoms with Gasteiger partial charge in [0.15, 0.2) is 0 Å². The Bertz CT molecular complexity index is 289. The van der Waals surface area contributed by atoms with E-state index in [2.05, 4.69) is 44.8 Å². The highest BCUT2D eigenvalue weighted by Gasteiger charge is 2.12. The van der Waals surface area contributed by atoms with Crippen LogP contribution < -0.4 is 0 Å². The van der Waals surface area contributed by atoms with E-state index < -0.39 is 0 Å². The largest absolute Gasteiger partial charge is 0.373 e. The molecule has 0 aliphatic rings. The lowest BCUT2D eigenvalue weighted by Gasteiger charge is -2.17. The summed E-state index contributed by atoms with van der Waals surface area (Å²) in [7, 11) is 0. The van der Waals surface area contributed by atoms with Crippen molar-refractivity contribution in [1.29, 1.82) is 0 Å². The summed E-state index contributed by atoms with van der Waals surface area (Å²) in [6.45, 7) is 3.00. The zero-order chi connectivity index (χ0) is 11.1. The van der Waals surface area contributed by atoms with E-state index in [1.165, 1.54) is 12.0 Å². The molecule has 0 saturated heterocycles. The zero-order valence-electron chi connectivity index (χ0n) is 8.88. The van der Waals surface area contributed by atoms with E-state index in [0.29, 0.717) is 0 Å². The van der Waals surface area contributed by atoms with E-state index in [0.717, 1.165) is 22.8 Å². The van der Waals surface area contributed by atoms with Gasteiger partial charge >= 0.3 is 0 Å². The van der Waals surface area contributed by atoms with Gasteiger partial charge in [-0.1, -0.05) is 63.4 Å². The van der Waals surface area contributed by atoms with Crippen LogP contribution in [0.5, 0.6) is 0 Å². The van der Waals surface area contributed by atoms with Gasteiger partial charge < -0.3 is 4.74 Å². The van der Waals surface area contributed by atoms with Crippen molar-refractivity contribution >= 4 is 31.9 Å². The Kier molecular flexibility index (Phi) is 6.53. The first-order chi connectivity index (χ1) is 7.29. The van der Waals surface area contributed by atoms with Crippen LogP contribution in [0.15, 0.2) is 28.7 Å². The maximum absolute atomic E-state index is 5.82. The number of hydrogen-bond donors (Lipinski definition) is 0. The van der Waals surface area contributed by atoms with Crippen molar-refractivity contribution in [1.82, 2.24) is 0 Å². The van der Waals surface area contributed by atoms with Crippen LogP contribution in [-0.2, 0) is 4.74 Å². The molecule has 0 aliphatic heterocycles. The topological polar surface area (TPSA) is 9.23 Å². The molecule has 1 nitrogen and oxygen atoms in total. The summed E-state index contributed by atoms with van der Waals surface area (Å²) in [5, 5.41) is 0.833. The van der Waals surface area contributed by atoms with Crippen LogP contribution >= 0.6 is 31.9 Å². The first-order valence-electron chi connectivity index (χ1n) is 5.21. The van der Waals surface area contributed by atoms with E-state index in [4.69, 9.17) is 4.74 Å². The van der Waals surface area contributed by atoms with E-state index in [1.54, 1.807) is 0 Å². The van der Waals surface area contributed by atoms with Crippen molar-refractivity contribution in [3.8, 4) is 0 Å². The van der Waals surface area contributed by atoms with E-state index in [1.807, 2.05) is 18.2 Å². The van der Waals surface area contributed by atoms with Crippen molar-refractivity contribution in [2.45, 2.75) is 25.9 Å². The van der Waals surface area contributed by atoms with Gasteiger partial charge in [0.2, 0.25) is 0 Å². The summed E-state index contributed by atoms with van der Waals surface area (Å²) in [5.74, 6) is 0. The van der Waals surface area contributed by atoms with Gasteiger partial charge in [0, 0.05) is 16.4 Å². The number of alkyl halides is 1. The lowest BCUT2D eigenvalue weighted by Crippen LogP contribution is -2.07. The number of benzene rings is 1. The van der Waals surface area contributed by atoms with Crippen LogP contribution in [0.4, 0.5) is 0 Å². The second kappa shape index (κ2) is 7.42. The first kappa shape index (κ1) is 13.2. The molecule has 0 N–H and O–H groups in total. The Morgan fingerprint density at radius 2 is 2.07 bits per heavy atom. The Morgan fingerprint density at radius 1 is 1.33 bits per heavy atom. The summed E-state index contributed by atoms with van der Waals surface area (Å²) in [4.78, 5) is 0. The van der Waals surface area contributed by atoms with Gasteiger partial charge in [0.05, 0.1) is 6.10 Å². The van der Waals surface area contributed by atoms with Gasteiger partial charge in [-0.3, -0.25) is 0 Å². The molecule has 0 aromatic heterocycles. The van der Waals surface area contributed by atoms with Gasteiger partial charge in [0.25, 0.3) is 0 Å². The molecule has 0 amide bonds. The van der Waals surface area contributed by atoms with Crippen LogP contribution in [0.2, 0.25) is 0 Å². The molecule has 0 saturated carbocycles. The standard InChI is InChI=1S/C12H16Br2O/c1-2-3-8-15-12(9-13)10-6-4-5-7-11(10)14/h4-7,12H,2-3,8-9H2,1H3. The van der Waals surface area contributed by atoms with E-state index >= 15 is 0 Å². The third kappa shape index (κ3) is 4.25. The molecule has 84 valence electrons. The second-order valence-electron chi connectivity index (χ2n) is 3.39. The molecule has 0 fully saturated rings. The average molecular weight is 336 g/mol. The second-order valence-corrected chi connectivity index (χ2v) is 4.89. The fourth-order valence-corrected chi connectivity index (χ4v) is 2.40. The number of rotatable bonds is 6. The average Bonchev–Trinajstić information content (AvgIpc) is 2.26. The molecule has 0 heterocycles. The lowest BCUT2D eigenvalue weighted by molar-refractivity contribution is 0.0673. The minimum Gasteiger partial charge on any atom is -0.373 e. The maximum atomic E-state index is 5.82. The zero-order valence-corrected chi connectivity index (χ0v) is 12.1. The van der Waals surface area contributed by atoms with Crippen molar-refractivity contribution in [2.24, 2.45) is 0 Å². The van der Waals surface area contributed by atoms with Gasteiger partial charge in [-0.15, -0.1) is 0 Å². The molecular formula is C12H16Br2O. The predicted molar refractivity (Wildman–Crippen MR) is 71.5 cm³/mol. The first-order valence-corrected chi connectivity index (χ1v) is 7.13. The van der Waals surface area contributed by atoms with Crippen molar-refractivity contribution < 1.29 is 4.74 Å². The molecule has 1 rings (SSSR count). The van der Waals surface area contributed by atoms with Crippen molar-refractivity contribution in [3.63, 3.8) is 0 Å². The van der Waals surface area contributed by atoms with Crippen LogP contribution in [0.25, 0.3) is 0 Å². The van der Waals surface area contributed by atoms with Crippen molar-refractivity contribution in [3.05, 3.63) is 34.3 Å². The Balaban J connectivity index is 2.61. The van der Waals surface area contributed by atoms with Crippen LogP contribution in [-0.4, -0.2) is 11.9 Å². The van der Waals surface area contributed by atoms with Gasteiger partial charge in [-0.25, -0.2) is 0 Å². The molecule has 1 unspecified atom stereocenters.